The molecular formula is C17H23N3O4. The summed E-state index contributed by atoms with van der Waals surface area (Å²) in [5.41, 5.74) is 0.907. The Morgan fingerprint density at radius 3 is 2.50 bits per heavy atom. The summed E-state index contributed by atoms with van der Waals surface area (Å²) < 4.78 is 5.29. The maximum absolute atomic E-state index is 12.5. The van der Waals surface area contributed by atoms with Gasteiger partial charge in [0, 0.05) is 37.2 Å². The fraction of sp³-hybridized carbons (Fsp3) is 0.588. The minimum atomic E-state index is -0.329. The Bertz CT molecular complexity index is 593. The number of ether oxygens (including phenoxy) is 1. The normalized spacial score (nSPS) is 20.1. The standard InChI is InChI=1S/C17H23N3O4/c21-17(19-9-11-24-12-10-19)14-5-7-18(8-6-14)13-15-3-1-2-4-16(15)20(22)23/h1-4,14H,5-13H2. The van der Waals surface area contributed by atoms with Crippen LogP contribution in [0.5, 0.6) is 0 Å². The lowest BCUT2D eigenvalue weighted by atomic mass is 9.94. The summed E-state index contributed by atoms with van der Waals surface area (Å²) in [5.74, 6) is 0.314. The number of benzene rings is 1. The molecule has 7 nitrogen and oxygen atoms in total. The molecule has 2 heterocycles. The number of hydrogen-bond acceptors (Lipinski definition) is 5. The van der Waals surface area contributed by atoms with E-state index in [4.69, 9.17) is 4.74 Å². The van der Waals surface area contributed by atoms with Crippen LogP contribution < -0.4 is 0 Å². The molecule has 0 aliphatic carbocycles. The molecule has 2 fully saturated rings. The average molecular weight is 333 g/mol. The van der Waals surface area contributed by atoms with E-state index in [0.29, 0.717) is 32.8 Å². The van der Waals surface area contributed by atoms with Gasteiger partial charge in [-0.25, -0.2) is 0 Å². The maximum Gasteiger partial charge on any atom is 0.273 e. The van der Waals surface area contributed by atoms with Gasteiger partial charge in [0.1, 0.15) is 0 Å². The van der Waals surface area contributed by atoms with Gasteiger partial charge in [0.25, 0.3) is 5.69 Å². The Balaban J connectivity index is 1.54. The molecule has 0 atom stereocenters. The van der Waals surface area contributed by atoms with E-state index in [0.717, 1.165) is 31.5 Å². The van der Waals surface area contributed by atoms with Crippen LogP contribution in [0, 0.1) is 16.0 Å². The fourth-order valence-corrected chi connectivity index (χ4v) is 3.44. The van der Waals surface area contributed by atoms with E-state index in [9.17, 15) is 14.9 Å². The topological polar surface area (TPSA) is 75.9 Å². The highest BCUT2D eigenvalue weighted by atomic mass is 16.6. The third kappa shape index (κ3) is 3.91. The summed E-state index contributed by atoms with van der Waals surface area (Å²) in [6, 6.07) is 6.87. The molecule has 0 unspecified atom stereocenters. The summed E-state index contributed by atoms with van der Waals surface area (Å²) in [6.45, 7) is 4.80. The first-order valence-electron chi connectivity index (χ1n) is 8.46. The molecular weight excluding hydrogens is 310 g/mol. The van der Waals surface area contributed by atoms with Crippen molar-refractivity contribution in [1.29, 1.82) is 0 Å². The number of likely N-dealkylation sites (tertiary alicyclic amines) is 1. The van der Waals surface area contributed by atoms with E-state index in [1.807, 2.05) is 17.0 Å². The number of piperidine rings is 1. The molecule has 1 aromatic rings. The Morgan fingerprint density at radius 1 is 1.17 bits per heavy atom. The zero-order chi connectivity index (χ0) is 16.9. The van der Waals surface area contributed by atoms with Crippen molar-refractivity contribution in [3.8, 4) is 0 Å². The minimum Gasteiger partial charge on any atom is -0.378 e. The Hall–Kier alpha value is -1.99. The first-order valence-corrected chi connectivity index (χ1v) is 8.46. The fourth-order valence-electron chi connectivity index (χ4n) is 3.44. The van der Waals surface area contributed by atoms with Crippen LogP contribution in [0.3, 0.4) is 0 Å². The number of nitro benzene ring substituents is 1. The molecule has 3 rings (SSSR count). The molecule has 130 valence electrons. The van der Waals surface area contributed by atoms with E-state index < -0.39 is 0 Å². The lowest BCUT2D eigenvalue weighted by molar-refractivity contribution is -0.385. The monoisotopic (exact) mass is 333 g/mol. The van der Waals surface area contributed by atoms with E-state index in [-0.39, 0.29) is 22.4 Å². The number of hydrogen-bond donors (Lipinski definition) is 0. The van der Waals surface area contributed by atoms with E-state index >= 15 is 0 Å². The van der Waals surface area contributed by atoms with Gasteiger partial charge in [0.2, 0.25) is 5.91 Å². The van der Waals surface area contributed by atoms with Crippen LogP contribution in [0.1, 0.15) is 18.4 Å². The van der Waals surface area contributed by atoms with E-state index in [1.165, 1.54) is 0 Å². The molecule has 1 amide bonds. The summed E-state index contributed by atoms with van der Waals surface area (Å²) >= 11 is 0. The first kappa shape index (κ1) is 16.9. The van der Waals surface area contributed by atoms with Gasteiger partial charge in [-0.15, -0.1) is 0 Å². The summed E-state index contributed by atoms with van der Waals surface area (Å²) in [4.78, 5) is 27.4. The first-order chi connectivity index (χ1) is 11.6. The summed E-state index contributed by atoms with van der Waals surface area (Å²) in [5, 5.41) is 11.1. The van der Waals surface area contributed by atoms with Gasteiger partial charge in [0.05, 0.1) is 18.1 Å². The SMILES string of the molecule is O=C(C1CCN(Cc2ccccc2[N+](=O)[O-])CC1)N1CCOCC1. The summed E-state index contributed by atoms with van der Waals surface area (Å²) in [6.07, 6.45) is 1.63. The highest BCUT2D eigenvalue weighted by Crippen LogP contribution is 2.24. The van der Waals surface area contributed by atoms with Gasteiger partial charge in [-0.1, -0.05) is 18.2 Å². The smallest absolute Gasteiger partial charge is 0.273 e. The van der Waals surface area contributed by atoms with Crippen LogP contribution in [0.25, 0.3) is 0 Å². The van der Waals surface area contributed by atoms with E-state index in [1.54, 1.807) is 12.1 Å². The minimum absolute atomic E-state index is 0.0742. The molecule has 0 aromatic heterocycles. The summed E-state index contributed by atoms with van der Waals surface area (Å²) in [7, 11) is 0. The highest BCUT2D eigenvalue weighted by Gasteiger charge is 2.29. The Labute approximate surface area is 141 Å². The number of para-hydroxylation sites is 1. The van der Waals surface area contributed by atoms with Crippen molar-refractivity contribution in [2.45, 2.75) is 19.4 Å². The molecule has 2 aliphatic heterocycles. The molecule has 24 heavy (non-hydrogen) atoms. The van der Waals surface area contributed by atoms with Gasteiger partial charge >= 0.3 is 0 Å². The average Bonchev–Trinajstić information content (AvgIpc) is 2.63. The molecule has 0 spiro atoms. The van der Waals surface area contributed by atoms with Gasteiger partial charge in [-0.05, 0) is 25.9 Å². The Kier molecular flexibility index (Phi) is 5.42. The van der Waals surface area contributed by atoms with E-state index in [2.05, 4.69) is 4.90 Å². The lowest BCUT2D eigenvalue weighted by Crippen LogP contribution is -2.46. The van der Waals surface area contributed by atoms with Crippen molar-refractivity contribution >= 4 is 11.6 Å². The molecule has 0 radical (unpaired) electrons. The van der Waals surface area contributed by atoms with Gasteiger partial charge in [0.15, 0.2) is 0 Å². The largest absolute Gasteiger partial charge is 0.378 e. The predicted molar refractivity (Wildman–Crippen MR) is 88.5 cm³/mol. The number of nitro groups is 1. The van der Waals surface area contributed by atoms with Crippen LogP contribution in [0.4, 0.5) is 5.69 Å². The number of carbonyl (C=O) groups is 1. The number of carbonyl (C=O) groups excluding carboxylic acids is 1. The quantitative estimate of drug-likeness (QED) is 0.619. The second-order valence-corrected chi connectivity index (χ2v) is 6.37. The molecule has 0 bridgehead atoms. The van der Waals surface area contributed by atoms with Crippen molar-refractivity contribution in [3.05, 3.63) is 39.9 Å². The van der Waals surface area contributed by atoms with Crippen molar-refractivity contribution < 1.29 is 14.5 Å². The third-order valence-corrected chi connectivity index (χ3v) is 4.84. The molecule has 2 saturated heterocycles. The number of nitrogens with zero attached hydrogens (tertiary/aromatic N) is 3. The number of morpholine rings is 1. The molecule has 7 heteroatoms. The zero-order valence-electron chi connectivity index (χ0n) is 13.7. The van der Waals surface area contributed by atoms with Crippen LogP contribution >= 0.6 is 0 Å². The molecule has 0 N–H and O–H groups in total. The third-order valence-electron chi connectivity index (χ3n) is 4.84. The number of amides is 1. The molecule has 0 saturated carbocycles. The maximum atomic E-state index is 12.5. The van der Waals surface area contributed by atoms with Crippen molar-refractivity contribution in [2.75, 3.05) is 39.4 Å². The van der Waals surface area contributed by atoms with Crippen LogP contribution in [0.15, 0.2) is 24.3 Å². The Morgan fingerprint density at radius 2 is 1.83 bits per heavy atom. The second-order valence-electron chi connectivity index (χ2n) is 6.37. The molecule has 1 aromatic carbocycles. The van der Waals surface area contributed by atoms with Crippen LogP contribution in [-0.2, 0) is 16.1 Å². The molecule has 2 aliphatic rings. The predicted octanol–water partition coefficient (Wildman–Crippen LogP) is 1.67. The zero-order valence-corrected chi connectivity index (χ0v) is 13.7. The van der Waals surface area contributed by atoms with Crippen molar-refractivity contribution in [1.82, 2.24) is 9.80 Å². The second kappa shape index (κ2) is 7.72. The van der Waals surface area contributed by atoms with Gasteiger partial charge in [-0.2, -0.15) is 0 Å². The number of rotatable bonds is 4. The van der Waals surface area contributed by atoms with Gasteiger partial charge in [-0.3, -0.25) is 19.8 Å². The highest BCUT2D eigenvalue weighted by molar-refractivity contribution is 5.79. The van der Waals surface area contributed by atoms with Gasteiger partial charge < -0.3 is 9.64 Å². The van der Waals surface area contributed by atoms with Crippen molar-refractivity contribution in [3.63, 3.8) is 0 Å². The lowest BCUT2D eigenvalue weighted by Gasteiger charge is -2.35. The van der Waals surface area contributed by atoms with Crippen LogP contribution in [0.2, 0.25) is 0 Å². The van der Waals surface area contributed by atoms with Crippen LogP contribution in [-0.4, -0.2) is 60.0 Å². The van der Waals surface area contributed by atoms with Crippen molar-refractivity contribution in [2.24, 2.45) is 5.92 Å².